The summed E-state index contributed by atoms with van der Waals surface area (Å²) in [5.41, 5.74) is 4.85. The van der Waals surface area contributed by atoms with Crippen molar-refractivity contribution < 1.29 is 23.7 Å². The standard InChI is InChI=1S/C35H31NO5/c1-6-41-23-14-11-21(12-15-23)34-29-20-33(40-5)32(39-4)19-27(29)28-18-26(22-13-16-30(37-2)31(17-22)38-3)24-9-7-8-10-25(24)35(28)36-34/h7-20H,6H2,1-5H3. The lowest BCUT2D eigenvalue weighted by atomic mass is 9.91. The molecule has 0 unspecified atom stereocenters. The van der Waals surface area contributed by atoms with Crippen LogP contribution in [-0.4, -0.2) is 40.0 Å². The molecule has 0 aliphatic carbocycles. The number of hydrogen-bond acceptors (Lipinski definition) is 6. The quantitative estimate of drug-likeness (QED) is 0.179. The van der Waals surface area contributed by atoms with Gasteiger partial charge >= 0.3 is 0 Å². The highest BCUT2D eigenvalue weighted by molar-refractivity contribution is 6.21. The van der Waals surface area contributed by atoms with Crippen molar-refractivity contribution in [3.05, 3.63) is 84.9 Å². The van der Waals surface area contributed by atoms with E-state index in [-0.39, 0.29) is 0 Å². The summed E-state index contributed by atoms with van der Waals surface area (Å²) >= 11 is 0. The van der Waals surface area contributed by atoms with Crippen LogP contribution < -0.4 is 23.7 Å². The Balaban J connectivity index is 1.72. The van der Waals surface area contributed by atoms with E-state index in [1.165, 1.54) is 0 Å². The van der Waals surface area contributed by atoms with Gasteiger partial charge in [0, 0.05) is 21.7 Å². The first kappa shape index (κ1) is 26.3. The van der Waals surface area contributed by atoms with E-state index in [9.17, 15) is 0 Å². The van der Waals surface area contributed by atoms with E-state index >= 15 is 0 Å². The van der Waals surface area contributed by atoms with Gasteiger partial charge in [-0.05, 0) is 83.4 Å². The highest BCUT2D eigenvalue weighted by Gasteiger charge is 2.19. The molecule has 6 aromatic rings. The molecule has 41 heavy (non-hydrogen) atoms. The van der Waals surface area contributed by atoms with Crippen LogP contribution >= 0.6 is 0 Å². The van der Waals surface area contributed by atoms with E-state index in [1.807, 2.05) is 43.3 Å². The number of methoxy groups -OCH3 is 4. The molecule has 6 rings (SSSR count). The molecule has 0 saturated carbocycles. The van der Waals surface area contributed by atoms with E-state index in [0.29, 0.717) is 29.6 Å². The highest BCUT2D eigenvalue weighted by atomic mass is 16.5. The Morgan fingerprint density at radius 1 is 0.537 bits per heavy atom. The number of benzene rings is 5. The Kier molecular flexibility index (Phi) is 6.98. The van der Waals surface area contributed by atoms with Crippen LogP contribution in [0.4, 0.5) is 0 Å². The van der Waals surface area contributed by atoms with E-state index in [1.54, 1.807) is 28.4 Å². The fraction of sp³-hybridized carbons (Fsp3) is 0.171. The molecule has 1 aromatic heterocycles. The number of ether oxygens (including phenoxy) is 5. The summed E-state index contributed by atoms with van der Waals surface area (Å²) in [4.78, 5) is 5.32. The zero-order valence-electron chi connectivity index (χ0n) is 23.8. The molecular formula is C35H31NO5. The van der Waals surface area contributed by atoms with Crippen molar-refractivity contribution in [2.45, 2.75) is 6.92 Å². The first-order chi connectivity index (χ1) is 20.1. The number of fused-ring (bicyclic) bond motifs is 5. The maximum Gasteiger partial charge on any atom is 0.161 e. The zero-order valence-corrected chi connectivity index (χ0v) is 23.8. The smallest absolute Gasteiger partial charge is 0.161 e. The van der Waals surface area contributed by atoms with Crippen molar-refractivity contribution in [3.63, 3.8) is 0 Å². The van der Waals surface area contributed by atoms with Crippen molar-refractivity contribution in [2.24, 2.45) is 0 Å². The third-order valence-corrected chi connectivity index (χ3v) is 7.44. The SMILES string of the molecule is CCOc1ccc(-c2nc3c4ccccc4c(-c4ccc(OC)c(OC)c4)cc3c3cc(OC)c(OC)cc23)cc1. The Morgan fingerprint density at radius 2 is 1.15 bits per heavy atom. The molecule has 206 valence electrons. The Bertz CT molecular complexity index is 1900. The van der Waals surface area contributed by atoms with Crippen LogP contribution in [0.15, 0.2) is 84.9 Å². The van der Waals surface area contributed by atoms with Crippen LogP contribution in [0, 0.1) is 0 Å². The summed E-state index contributed by atoms with van der Waals surface area (Å²) in [7, 11) is 6.60. The van der Waals surface area contributed by atoms with Gasteiger partial charge in [-0.3, -0.25) is 0 Å². The average molecular weight is 546 g/mol. The second-order valence-corrected chi connectivity index (χ2v) is 9.61. The molecule has 0 fully saturated rings. The third kappa shape index (κ3) is 4.51. The number of hydrogen-bond donors (Lipinski definition) is 0. The maximum atomic E-state index is 5.75. The van der Waals surface area contributed by atoms with Crippen molar-refractivity contribution in [3.8, 4) is 51.1 Å². The minimum Gasteiger partial charge on any atom is -0.494 e. The van der Waals surface area contributed by atoms with Crippen LogP contribution in [0.1, 0.15) is 6.92 Å². The molecule has 0 bridgehead atoms. The fourth-order valence-corrected chi connectivity index (χ4v) is 5.49. The second-order valence-electron chi connectivity index (χ2n) is 9.61. The molecule has 0 aliphatic heterocycles. The third-order valence-electron chi connectivity index (χ3n) is 7.44. The highest BCUT2D eigenvalue weighted by Crippen LogP contribution is 2.44. The molecule has 1 heterocycles. The maximum absolute atomic E-state index is 5.75. The van der Waals surface area contributed by atoms with E-state index in [4.69, 9.17) is 28.7 Å². The van der Waals surface area contributed by atoms with E-state index in [0.717, 1.165) is 60.6 Å². The molecule has 0 amide bonds. The molecule has 0 atom stereocenters. The fourth-order valence-electron chi connectivity index (χ4n) is 5.49. The molecule has 5 aromatic carbocycles. The van der Waals surface area contributed by atoms with Gasteiger partial charge in [0.25, 0.3) is 0 Å². The molecule has 0 spiro atoms. The molecule has 0 aliphatic rings. The van der Waals surface area contributed by atoms with Crippen LogP contribution in [-0.2, 0) is 0 Å². The number of aromatic nitrogens is 1. The zero-order chi connectivity index (χ0) is 28.5. The summed E-state index contributed by atoms with van der Waals surface area (Å²) in [5.74, 6) is 3.49. The summed E-state index contributed by atoms with van der Waals surface area (Å²) in [6, 6.07) is 28.7. The van der Waals surface area contributed by atoms with Crippen molar-refractivity contribution in [1.29, 1.82) is 0 Å². The van der Waals surface area contributed by atoms with Crippen molar-refractivity contribution in [2.75, 3.05) is 35.0 Å². The lowest BCUT2D eigenvalue weighted by Crippen LogP contribution is -1.96. The van der Waals surface area contributed by atoms with E-state index < -0.39 is 0 Å². The Labute approximate surface area is 239 Å². The molecular weight excluding hydrogens is 514 g/mol. The summed E-state index contributed by atoms with van der Waals surface area (Å²) in [5, 5.41) is 5.15. The van der Waals surface area contributed by atoms with Crippen LogP contribution in [0.25, 0.3) is 54.8 Å². The monoisotopic (exact) mass is 545 g/mol. The van der Waals surface area contributed by atoms with Crippen molar-refractivity contribution in [1.82, 2.24) is 4.98 Å². The summed E-state index contributed by atoms with van der Waals surface area (Å²) in [6.45, 7) is 2.59. The number of nitrogens with zero attached hydrogens (tertiary/aromatic N) is 1. The lowest BCUT2D eigenvalue weighted by molar-refractivity contribution is 0.340. The van der Waals surface area contributed by atoms with Gasteiger partial charge in [0.15, 0.2) is 23.0 Å². The predicted molar refractivity (Wildman–Crippen MR) is 165 cm³/mol. The van der Waals surface area contributed by atoms with Crippen LogP contribution in [0.5, 0.6) is 28.7 Å². The normalized spacial score (nSPS) is 11.1. The minimum absolute atomic E-state index is 0.613. The number of rotatable bonds is 8. The van der Waals surface area contributed by atoms with E-state index in [2.05, 4.69) is 48.5 Å². The largest absolute Gasteiger partial charge is 0.494 e. The minimum atomic E-state index is 0.613. The Hall–Kier alpha value is -4.97. The van der Waals surface area contributed by atoms with Gasteiger partial charge in [-0.2, -0.15) is 0 Å². The van der Waals surface area contributed by atoms with Gasteiger partial charge in [0.05, 0.1) is 46.3 Å². The molecule has 0 radical (unpaired) electrons. The molecule has 6 nitrogen and oxygen atoms in total. The topological polar surface area (TPSA) is 59.0 Å². The first-order valence-electron chi connectivity index (χ1n) is 13.5. The first-order valence-corrected chi connectivity index (χ1v) is 13.5. The predicted octanol–water partition coefficient (Wildman–Crippen LogP) is 8.31. The molecule has 0 N–H and O–H groups in total. The summed E-state index contributed by atoms with van der Waals surface area (Å²) in [6.07, 6.45) is 0. The lowest BCUT2D eigenvalue weighted by Gasteiger charge is -2.17. The summed E-state index contributed by atoms with van der Waals surface area (Å²) < 4.78 is 28.3. The van der Waals surface area contributed by atoms with Crippen molar-refractivity contribution >= 4 is 32.4 Å². The van der Waals surface area contributed by atoms with Gasteiger partial charge in [-0.15, -0.1) is 0 Å². The molecule has 6 heteroatoms. The van der Waals surface area contributed by atoms with Crippen LogP contribution in [0.2, 0.25) is 0 Å². The average Bonchev–Trinajstić information content (AvgIpc) is 3.03. The van der Waals surface area contributed by atoms with Crippen LogP contribution in [0.3, 0.4) is 0 Å². The van der Waals surface area contributed by atoms with Gasteiger partial charge in [-0.25, -0.2) is 4.98 Å². The van der Waals surface area contributed by atoms with Gasteiger partial charge in [-0.1, -0.05) is 30.3 Å². The van der Waals surface area contributed by atoms with Gasteiger partial charge in [0.1, 0.15) is 5.75 Å². The van der Waals surface area contributed by atoms with Gasteiger partial charge in [0.2, 0.25) is 0 Å². The Morgan fingerprint density at radius 3 is 1.80 bits per heavy atom. The molecule has 0 saturated heterocycles. The number of pyridine rings is 1. The van der Waals surface area contributed by atoms with Gasteiger partial charge < -0.3 is 23.7 Å². The second kappa shape index (κ2) is 10.9.